The summed E-state index contributed by atoms with van der Waals surface area (Å²) in [7, 11) is 0. The molecule has 0 spiro atoms. The highest BCUT2D eigenvalue weighted by Crippen LogP contribution is 2.24. The first-order valence-electron chi connectivity index (χ1n) is 10.1. The normalized spacial score (nSPS) is 19.4. The maximum absolute atomic E-state index is 12.4. The lowest BCUT2D eigenvalue weighted by Gasteiger charge is -2.32. The number of nitrogens with one attached hydrogen (secondary N) is 2. The van der Waals surface area contributed by atoms with Crippen LogP contribution in [0, 0.1) is 0 Å². The van der Waals surface area contributed by atoms with E-state index in [0.717, 1.165) is 44.8 Å². The van der Waals surface area contributed by atoms with Gasteiger partial charge in [-0.2, -0.15) is 0 Å². The monoisotopic (exact) mass is 411 g/mol. The minimum absolute atomic E-state index is 0.0797. The number of nitrogens with zero attached hydrogens (tertiary/aromatic N) is 3. The Hall–Kier alpha value is -2.62. The molecule has 2 aliphatic rings. The lowest BCUT2D eigenvalue weighted by Crippen LogP contribution is -2.47. The number of urea groups is 1. The largest absolute Gasteiger partial charge is 0.483 e. The zero-order valence-electron chi connectivity index (χ0n) is 16.8. The number of carboxylic acid groups (broad SMARTS) is 2. The number of likely N-dealkylation sites (tertiary alicyclic amines) is 2. The number of carbonyl (C=O) groups excluding carboxylic acids is 1. The number of piperidine rings is 1. The first kappa shape index (κ1) is 24.4. The predicted octanol–water partition coefficient (Wildman–Crippen LogP) is 1.58. The van der Waals surface area contributed by atoms with E-state index in [9.17, 15) is 4.79 Å². The second-order valence-corrected chi connectivity index (χ2v) is 6.96. The van der Waals surface area contributed by atoms with Crippen molar-refractivity contribution in [1.82, 2.24) is 25.1 Å². The van der Waals surface area contributed by atoms with Gasteiger partial charge in [0, 0.05) is 44.5 Å². The third-order valence-electron chi connectivity index (χ3n) is 5.02. The van der Waals surface area contributed by atoms with Crippen LogP contribution in [0.2, 0.25) is 0 Å². The number of H-pyrrole nitrogens is 1. The zero-order valence-corrected chi connectivity index (χ0v) is 16.8. The molecule has 2 fully saturated rings. The molecule has 3 rings (SSSR count). The number of amides is 2. The van der Waals surface area contributed by atoms with Crippen LogP contribution >= 0.6 is 0 Å². The van der Waals surface area contributed by atoms with Crippen LogP contribution in [0.25, 0.3) is 0 Å². The van der Waals surface area contributed by atoms with E-state index in [1.807, 2.05) is 11.1 Å². The van der Waals surface area contributed by atoms with Crippen molar-refractivity contribution in [1.29, 1.82) is 0 Å². The minimum Gasteiger partial charge on any atom is -0.483 e. The Morgan fingerprint density at radius 2 is 1.79 bits per heavy atom. The third-order valence-corrected chi connectivity index (χ3v) is 5.02. The molecule has 0 aliphatic carbocycles. The summed E-state index contributed by atoms with van der Waals surface area (Å²) < 4.78 is 0. The van der Waals surface area contributed by atoms with Crippen molar-refractivity contribution in [2.45, 2.75) is 44.4 Å². The highest BCUT2D eigenvalue weighted by molar-refractivity contribution is 5.74. The molecule has 2 amide bonds. The molecule has 1 atom stereocenters. The molecule has 1 aromatic rings. The molecule has 1 unspecified atom stereocenters. The number of hydrogen-bond acceptors (Lipinski definition) is 5. The van der Waals surface area contributed by atoms with E-state index in [-0.39, 0.29) is 19.0 Å². The van der Waals surface area contributed by atoms with Gasteiger partial charge in [-0.15, -0.1) is 0 Å². The fourth-order valence-corrected chi connectivity index (χ4v) is 3.68. The fourth-order valence-electron chi connectivity index (χ4n) is 3.68. The maximum atomic E-state index is 12.4. The Kier molecular flexibility index (Phi) is 12.9. The summed E-state index contributed by atoms with van der Waals surface area (Å²) in [5, 5.41) is 16.9. The van der Waals surface area contributed by atoms with Crippen molar-refractivity contribution >= 4 is 19.0 Å². The smallest absolute Gasteiger partial charge is 0.317 e. The lowest BCUT2D eigenvalue weighted by molar-refractivity contribution is -0.123. The van der Waals surface area contributed by atoms with Gasteiger partial charge in [-0.3, -0.25) is 9.59 Å². The predicted molar refractivity (Wildman–Crippen MR) is 108 cm³/mol. The van der Waals surface area contributed by atoms with E-state index < -0.39 is 0 Å². The molecule has 1 aromatic heterocycles. The summed E-state index contributed by atoms with van der Waals surface area (Å²) in [6, 6.07) is 0.0797. The van der Waals surface area contributed by atoms with Gasteiger partial charge in [-0.05, 0) is 38.8 Å². The fraction of sp³-hybridized carbons (Fsp3) is 0.684. The molecule has 0 bridgehead atoms. The van der Waals surface area contributed by atoms with E-state index in [1.54, 1.807) is 6.20 Å². The van der Waals surface area contributed by atoms with Gasteiger partial charge >= 0.3 is 6.03 Å². The summed E-state index contributed by atoms with van der Waals surface area (Å²) in [5.74, 6) is 1.35. The van der Waals surface area contributed by atoms with Crippen molar-refractivity contribution in [3.05, 3.63) is 18.2 Å². The van der Waals surface area contributed by atoms with Gasteiger partial charge < -0.3 is 30.3 Å². The summed E-state index contributed by atoms with van der Waals surface area (Å²) in [6.45, 7) is 5.21. The van der Waals surface area contributed by atoms with Crippen molar-refractivity contribution in [2.24, 2.45) is 0 Å². The Bertz CT molecular complexity index is 555. The van der Waals surface area contributed by atoms with Gasteiger partial charge in [0.05, 0.1) is 0 Å². The van der Waals surface area contributed by atoms with Crippen LogP contribution in [0.5, 0.6) is 0 Å². The third kappa shape index (κ3) is 9.93. The summed E-state index contributed by atoms with van der Waals surface area (Å²) >= 11 is 0. The standard InChI is InChI=1S/C17H29N5O.2CH2O2/c23-17(20-9-13-21-10-3-1-2-4-11-21)22-12-5-6-15(14-22)16-18-7-8-19-16;2*2-1-3/h7-8,15H,1-6,9-14H2,(H,18,19)(H,20,23);2*1H,(H,2,3). The highest BCUT2D eigenvalue weighted by Gasteiger charge is 2.25. The lowest BCUT2D eigenvalue weighted by atomic mass is 9.98. The van der Waals surface area contributed by atoms with E-state index in [0.29, 0.717) is 5.92 Å². The van der Waals surface area contributed by atoms with Crippen molar-refractivity contribution < 1.29 is 24.6 Å². The van der Waals surface area contributed by atoms with E-state index in [4.69, 9.17) is 19.8 Å². The number of carbonyl (C=O) groups is 3. The number of rotatable bonds is 4. The average Bonchev–Trinajstić information content (AvgIpc) is 3.14. The molecule has 0 saturated carbocycles. The number of aromatic nitrogens is 2. The Morgan fingerprint density at radius 3 is 2.38 bits per heavy atom. The average molecular weight is 412 g/mol. The van der Waals surface area contributed by atoms with Gasteiger partial charge in [0.15, 0.2) is 0 Å². The molecule has 10 heteroatoms. The number of aromatic amines is 1. The van der Waals surface area contributed by atoms with Gasteiger partial charge in [-0.1, -0.05) is 12.8 Å². The van der Waals surface area contributed by atoms with Crippen molar-refractivity contribution in [3.63, 3.8) is 0 Å². The van der Waals surface area contributed by atoms with E-state index >= 15 is 0 Å². The molecular formula is C19H33N5O5. The minimum atomic E-state index is -0.250. The molecule has 10 nitrogen and oxygen atoms in total. The van der Waals surface area contributed by atoms with Crippen LogP contribution in [0.15, 0.2) is 12.4 Å². The molecule has 3 heterocycles. The summed E-state index contributed by atoms with van der Waals surface area (Å²) in [4.78, 5) is 41.1. The molecule has 2 saturated heterocycles. The Morgan fingerprint density at radius 1 is 1.14 bits per heavy atom. The molecule has 164 valence electrons. The molecular weight excluding hydrogens is 378 g/mol. The number of imidazole rings is 1. The Balaban J connectivity index is 0.000000626. The van der Waals surface area contributed by atoms with Crippen molar-refractivity contribution in [3.8, 4) is 0 Å². The second kappa shape index (κ2) is 15.3. The van der Waals surface area contributed by atoms with Gasteiger partial charge in [0.25, 0.3) is 12.9 Å². The van der Waals surface area contributed by atoms with Gasteiger partial charge in [0.1, 0.15) is 5.82 Å². The maximum Gasteiger partial charge on any atom is 0.317 e. The van der Waals surface area contributed by atoms with E-state index in [2.05, 4.69) is 20.2 Å². The first-order valence-corrected chi connectivity index (χ1v) is 10.1. The molecule has 4 N–H and O–H groups in total. The molecule has 2 aliphatic heterocycles. The van der Waals surface area contributed by atoms with E-state index in [1.165, 1.54) is 38.8 Å². The van der Waals surface area contributed by atoms with Gasteiger partial charge in [-0.25, -0.2) is 9.78 Å². The Labute approximate surface area is 171 Å². The zero-order chi connectivity index (χ0) is 21.3. The highest BCUT2D eigenvalue weighted by atomic mass is 16.3. The molecule has 0 radical (unpaired) electrons. The SMILES string of the molecule is O=C(NCCN1CCCCCC1)N1CCCC(c2ncc[nH]2)C1.O=CO.O=CO. The molecule has 0 aromatic carbocycles. The van der Waals surface area contributed by atoms with Crippen molar-refractivity contribution in [2.75, 3.05) is 39.3 Å². The van der Waals surface area contributed by atoms with Crippen LogP contribution in [0.1, 0.15) is 50.3 Å². The quantitative estimate of drug-likeness (QED) is 0.552. The summed E-state index contributed by atoms with van der Waals surface area (Å²) in [6.07, 6.45) is 11.1. The second-order valence-electron chi connectivity index (χ2n) is 6.96. The van der Waals surface area contributed by atoms with Crippen LogP contribution in [0.3, 0.4) is 0 Å². The summed E-state index contributed by atoms with van der Waals surface area (Å²) in [5.41, 5.74) is 0. The van der Waals surface area contributed by atoms with Gasteiger partial charge in [0.2, 0.25) is 0 Å². The first-order chi connectivity index (χ1) is 14.2. The van der Waals surface area contributed by atoms with Crippen LogP contribution in [-0.4, -0.2) is 88.2 Å². The topological polar surface area (TPSA) is 139 Å². The van der Waals surface area contributed by atoms with Crippen LogP contribution < -0.4 is 5.32 Å². The molecule has 29 heavy (non-hydrogen) atoms. The number of hydrogen-bond donors (Lipinski definition) is 4. The van der Waals surface area contributed by atoms with Crippen LogP contribution in [0.4, 0.5) is 4.79 Å². The van der Waals surface area contributed by atoms with Crippen LogP contribution in [-0.2, 0) is 9.59 Å².